The van der Waals surface area contributed by atoms with Crippen molar-refractivity contribution >= 4 is 50.7 Å². The molecule has 10 nitrogen and oxygen atoms in total. The minimum Gasteiger partial charge on any atom is -0.495 e. The van der Waals surface area contributed by atoms with E-state index >= 15 is 0 Å². The average molecular weight is 562 g/mol. The Morgan fingerprint density at radius 3 is 2.73 bits per heavy atom. The van der Waals surface area contributed by atoms with Gasteiger partial charge < -0.3 is 20.1 Å². The van der Waals surface area contributed by atoms with E-state index in [0.717, 1.165) is 11.3 Å². The number of hydrogen-bond donors (Lipinski definition) is 3. The predicted molar refractivity (Wildman–Crippen MR) is 148 cm³/mol. The highest BCUT2D eigenvalue weighted by atomic mass is 32.2. The van der Waals surface area contributed by atoms with Crippen LogP contribution in [0, 0.1) is 0 Å². The van der Waals surface area contributed by atoms with Crippen LogP contribution in [0.5, 0.6) is 5.75 Å². The van der Waals surface area contributed by atoms with Gasteiger partial charge in [0.25, 0.3) is 15.9 Å². The van der Waals surface area contributed by atoms with Crippen molar-refractivity contribution in [3.05, 3.63) is 70.0 Å². The van der Waals surface area contributed by atoms with Crippen LogP contribution in [-0.2, 0) is 38.9 Å². The number of nitrogens with zero attached hydrogens (tertiary/aromatic N) is 1. The van der Waals surface area contributed by atoms with Gasteiger partial charge >= 0.3 is 5.97 Å². The molecule has 3 aromatic rings. The lowest BCUT2D eigenvalue weighted by molar-refractivity contribution is -0.137. The van der Waals surface area contributed by atoms with Crippen molar-refractivity contribution in [2.24, 2.45) is 0 Å². The molecule has 0 atom stereocenters. The number of Topliss-reactive ketones (excluding diaryl/α,β-unsaturated/α-hetero) is 1. The van der Waals surface area contributed by atoms with Crippen LogP contribution in [0.25, 0.3) is 11.6 Å². The molecular formula is C29H27N3O7S. The summed E-state index contributed by atoms with van der Waals surface area (Å²) in [6.07, 6.45) is 3.82. The van der Waals surface area contributed by atoms with E-state index < -0.39 is 21.9 Å². The fourth-order valence-corrected chi connectivity index (χ4v) is 7.50. The Labute approximate surface area is 230 Å². The fourth-order valence-electron chi connectivity index (χ4n) is 5.83. The minimum absolute atomic E-state index is 0.0529. The Balaban J connectivity index is 1.47. The number of aliphatic carboxylic acids is 1. The zero-order chi connectivity index (χ0) is 28.2. The van der Waals surface area contributed by atoms with E-state index in [2.05, 4.69) is 10.3 Å². The quantitative estimate of drug-likeness (QED) is 0.372. The predicted octanol–water partition coefficient (Wildman–Crippen LogP) is 3.80. The van der Waals surface area contributed by atoms with Crippen LogP contribution in [0.2, 0.25) is 0 Å². The SMILES string of the molecule is COc1cc2c(cc1S(=O)(=O)N1CCc3ccccc31)/C(=C/c1[nH]c3c(c1CCC(=O)O)C(=O)CCC3)C(=O)N2. The zero-order valence-corrected chi connectivity index (χ0v) is 22.6. The second-order valence-electron chi connectivity index (χ2n) is 10.1. The number of sulfonamides is 1. The molecule has 2 aromatic carbocycles. The van der Waals surface area contributed by atoms with Crippen LogP contribution in [0.4, 0.5) is 11.4 Å². The summed E-state index contributed by atoms with van der Waals surface area (Å²) in [5.41, 5.74) is 4.80. The van der Waals surface area contributed by atoms with Gasteiger partial charge in [0, 0.05) is 48.0 Å². The number of ketones is 1. The summed E-state index contributed by atoms with van der Waals surface area (Å²) in [6, 6.07) is 10.3. The van der Waals surface area contributed by atoms with Gasteiger partial charge in [0.15, 0.2) is 5.78 Å². The number of ether oxygens (including phenoxy) is 1. The third kappa shape index (κ3) is 4.17. The molecule has 0 radical (unpaired) electrons. The summed E-state index contributed by atoms with van der Waals surface area (Å²) in [5.74, 6) is -1.39. The average Bonchev–Trinajstić information content (AvgIpc) is 3.60. The van der Waals surface area contributed by atoms with Crippen molar-refractivity contribution in [3.63, 3.8) is 0 Å². The molecular weight excluding hydrogens is 534 g/mol. The molecule has 3 aliphatic rings. The van der Waals surface area contributed by atoms with Crippen molar-refractivity contribution in [1.29, 1.82) is 0 Å². The number of aromatic nitrogens is 1. The molecule has 0 spiro atoms. The molecule has 206 valence electrons. The summed E-state index contributed by atoms with van der Waals surface area (Å²) in [7, 11) is -2.67. The molecule has 1 aliphatic carbocycles. The lowest BCUT2D eigenvalue weighted by atomic mass is 9.91. The number of aryl methyl sites for hydroxylation is 1. The van der Waals surface area contributed by atoms with Gasteiger partial charge in [0.05, 0.1) is 24.1 Å². The molecule has 3 N–H and O–H groups in total. The Morgan fingerprint density at radius 1 is 1.15 bits per heavy atom. The minimum atomic E-state index is -4.04. The number of rotatable bonds is 7. The van der Waals surface area contributed by atoms with Gasteiger partial charge in [-0.15, -0.1) is 0 Å². The molecule has 6 rings (SSSR count). The fraction of sp³-hybridized carbons (Fsp3) is 0.276. The number of fused-ring (bicyclic) bond motifs is 3. The van der Waals surface area contributed by atoms with Crippen molar-refractivity contribution in [1.82, 2.24) is 4.98 Å². The van der Waals surface area contributed by atoms with E-state index in [4.69, 9.17) is 4.74 Å². The monoisotopic (exact) mass is 561 g/mol. The van der Waals surface area contributed by atoms with E-state index in [1.54, 1.807) is 18.2 Å². The maximum atomic E-state index is 13.9. The summed E-state index contributed by atoms with van der Waals surface area (Å²) in [4.78, 5) is 40.4. The third-order valence-corrected chi connectivity index (χ3v) is 9.54. The Bertz CT molecular complexity index is 1740. The van der Waals surface area contributed by atoms with Gasteiger partial charge in [-0.3, -0.25) is 18.7 Å². The molecule has 0 unspecified atom stereocenters. The number of carbonyl (C=O) groups excluding carboxylic acids is 2. The maximum Gasteiger partial charge on any atom is 0.303 e. The molecule has 0 saturated carbocycles. The van der Waals surface area contributed by atoms with Crippen LogP contribution in [0.1, 0.15) is 57.7 Å². The molecule has 11 heteroatoms. The molecule has 3 heterocycles. The van der Waals surface area contributed by atoms with Crippen LogP contribution in [0.3, 0.4) is 0 Å². The van der Waals surface area contributed by atoms with Crippen LogP contribution in [0.15, 0.2) is 41.3 Å². The van der Waals surface area contributed by atoms with Crippen molar-refractivity contribution < 1.29 is 32.6 Å². The van der Waals surface area contributed by atoms with Gasteiger partial charge in [-0.2, -0.15) is 0 Å². The molecule has 40 heavy (non-hydrogen) atoms. The maximum absolute atomic E-state index is 13.9. The van der Waals surface area contributed by atoms with Crippen LogP contribution < -0.4 is 14.4 Å². The highest BCUT2D eigenvalue weighted by Crippen LogP contribution is 2.43. The number of carboxylic acids is 1. The molecule has 2 aliphatic heterocycles. The molecule has 1 aromatic heterocycles. The van der Waals surface area contributed by atoms with E-state index in [9.17, 15) is 27.9 Å². The second-order valence-corrected chi connectivity index (χ2v) is 11.9. The van der Waals surface area contributed by atoms with Crippen molar-refractivity contribution in [2.75, 3.05) is 23.3 Å². The smallest absolute Gasteiger partial charge is 0.303 e. The number of amides is 1. The van der Waals surface area contributed by atoms with Crippen LogP contribution in [-0.4, -0.2) is 49.8 Å². The first-order valence-corrected chi connectivity index (χ1v) is 14.5. The highest BCUT2D eigenvalue weighted by Gasteiger charge is 2.36. The topological polar surface area (TPSA) is 146 Å². The van der Waals surface area contributed by atoms with Gasteiger partial charge in [-0.25, -0.2) is 8.42 Å². The number of para-hydroxylation sites is 1. The van der Waals surface area contributed by atoms with Crippen molar-refractivity contribution in [2.45, 2.75) is 43.4 Å². The van der Waals surface area contributed by atoms with E-state index in [-0.39, 0.29) is 41.4 Å². The number of anilines is 2. The molecule has 0 fully saturated rings. The summed E-state index contributed by atoms with van der Waals surface area (Å²) in [6.45, 7) is 0.288. The first kappa shape index (κ1) is 25.9. The van der Waals surface area contributed by atoms with Gasteiger partial charge in [0.2, 0.25) is 0 Å². The summed E-state index contributed by atoms with van der Waals surface area (Å²) >= 11 is 0. The number of aromatic amines is 1. The van der Waals surface area contributed by atoms with Gasteiger partial charge in [0.1, 0.15) is 10.6 Å². The molecule has 0 bridgehead atoms. The molecule has 0 saturated heterocycles. The number of methoxy groups -OCH3 is 1. The summed E-state index contributed by atoms with van der Waals surface area (Å²) < 4.78 is 34.6. The standard InChI is InChI=1S/C29H27N3O7S/c1-39-25-15-22-18(14-26(25)40(37,38)32-12-11-16-5-2-3-7-23(16)32)19(29(36)31-22)13-21-17(9-10-27(34)35)28-20(30-21)6-4-8-24(28)33/h2-3,5,7,13-15,30H,4,6,8-12H2,1H3,(H,31,36)(H,34,35)/b19-13-. The lowest BCUT2D eigenvalue weighted by Gasteiger charge is -2.21. The number of carbonyl (C=O) groups is 3. The number of hydrogen-bond acceptors (Lipinski definition) is 6. The largest absolute Gasteiger partial charge is 0.495 e. The Morgan fingerprint density at radius 2 is 1.95 bits per heavy atom. The number of benzene rings is 2. The zero-order valence-electron chi connectivity index (χ0n) is 21.7. The second kappa shape index (κ2) is 9.67. The lowest BCUT2D eigenvalue weighted by Crippen LogP contribution is -2.29. The summed E-state index contributed by atoms with van der Waals surface area (Å²) in [5, 5.41) is 12.1. The van der Waals surface area contributed by atoms with Crippen LogP contribution >= 0.6 is 0 Å². The van der Waals surface area contributed by atoms with E-state index in [1.807, 2.05) is 12.1 Å². The third-order valence-electron chi connectivity index (χ3n) is 7.70. The number of nitrogens with one attached hydrogen (secondary N) is 2. The van der Waals surface area contributed by atoms with Crippen molar-refractivity contribution in [3.8, 4) is 5.75 Å². The first-order chi connectivity index (χ1) is 19.2. The number of H-pyrrole nitrogens is 1. The normalized spacial score (nSPS) is 17.0. The van der Waals surface area contributed by atoms with E-state index in [1.165, 1.54) is 23.5 Å². The first-order valence-electron chi connectivity index (χ1n) is 13.0. The Hall–Kier alpha value is -4.38. The molecule has 1 amide bonds. The van der Waals surface area contributed by atoms with Gasteiger partial charge in [-0.1, -0.05) is 18.2 Å². The van der Waals surface area contributed by atoms with E-state index in [0.29, 0.717) is 59.4 Å². The van der Waals surface area contributed by atoms with Gasteiger partial charge in [-0.05, 0) is 55.0 Å². The highest BCUT2D eigenvalue weighted by molar-refractivity contribution is 7.93. The Kier molecular flexibility index (Phi) is 6.25. The number of carboxylic acid groups (broad SMARTS) is 1.